The molecular formula is C27H27N3O7. The number of carbonyl (C=O) groups is 3. The molecule has 1 amide bonds. The van der Waals surface area contributed by atoms with Crippen LogP contribution in [0, 0.1) is 11.8 Å². The lowest BCUT2D eigenvalue weighted by molar-refractivity contribution is -0.147. The van der Waals surface area contributed by atoms with Gasteiger partial charge in [0, 0.05) is 48.9 Å². The first-order valence-electron chi connectivity index (χ1n) is 11.8. The number of anilines is 2. The Morgan fingerprint density at radius 1 is 1.11 bits per heavy atom. The molecule has 0 radical (unpaired) electrons. The van der Waals surface area contributed by atoms with Crippen LogP contribution < -0.4 is 16.4 Å². The molecule has 192 valence electrons. The number of hydrogen-bond acceptors (Lipinski definition) is 9. The molecule has 0 bridgehead atoms. The zero-order valence-electron chi connectivity index (χ0n) is 20.3. The maximum atomic E-state index is 13.7. The Hall–Kier alpha value is -4.31. The van der Waals surface area contributed by atoms with E-state index in [2.05, 4.69) is 0 Å². The molecule has 0 aromatic heterocycles. The molecule has 3 unspecified atom stereocenters. The minimum absolute atomic E-state index is 0.0377. The van der Waals surface area contributed by atoms with Gasteiger partial charge in [-0.2, -0.15) is 0 Å². The number of aliphatic hydroxyl groups excluding tert-OH is 2. The zero-order chi connectivity index (χ0) is 27.0. The number of rotatable bonds is 3. The fourth-order valence-electron chi connectivity index (χ4n) is 5.99. The largest absolute Gasteiger partial charge is 0.508 e. The van der Waals surface area contributed by atoms with Gasteiger partial charge in [0.15, 0.2) is 11.4 Å². The molecule has 5 rings (SSSR count). The van der Waals surface area contributed by atoms with E-state index in [-0.39, 0.29) is 36.1 Å². The molecule has 3 aliphatic carbocycles. The van der Waals surface area contributed by atoms with Gasteiger partial charge in [0.2, 0.25) is 5.78 Å². The van der Waals surface area contributed by atoms with E-state index < -0.39 is 52.0 Å². The molecule has 2 aromatic rings. The van der Waals surface area contributed by atoms with Gasteiger partial charge in [0.05, 0.1) is 5.56 Å². The lowest BCUT2D eigenvalue weighted by Gasteiger charge is -2.46. The molecule has 1 fully saturated rings. The number of primary amides is 1. The first kappa shape index (κ1) is 24.4. The molecule has 1 saturated carbocycles. The number of nitrogen functional groups attached to an aromatic ring is 1. The average molecular weight is 506 g/mol. The number of Topliss-reactive ketones (excluding diaryl/α,β-unsaturated/α-hetero) is 2. The summed E-state index contributed by atoms with van der Waals surface area (Å²) in [6, 6.07) is 8.62. The molecule has 3 atom stereocenters. The number of phenols is 1. The van der Waals surface area contributed by atoms with Gasteiger partial charge >= 0.3 is 0 Å². The maximum Gasteiger partial charge on any atom is 0.255 e. The van der Waals surface area contributed by atoms with Gasteiger partial charge in [-0.3, -0.25) is 14.4 Å². The second-order valence-corrected chi connectivity index (χ2v) is 10.1. The molecule has 2 aromatic carbocycles. The smallest absolute Gasteiger partial charge is 0.255 e. The average Bonchev–Trinajstić information content (AvgIpc) is 2.81. The lowest BCUT2D eigenvalue weighted by atomic mass is 9.59. The van der Waals surface area contributed by atoms with Gasteiger partial charge in [-0.25, -0.2) is 0 Å². The summed E-state index contributed by atoms with van der Waals surface area (Å²) in [7, 11) is 3.62. The second kappa shape index (κ2) is 8.10. The van der Waals surface area contributed by atoms with Gasteiger partial charge in [-0.1, -0.05) is 12.1 Å². The summed E-state index contributed by atoms with van der Waals surface area (Å²) in [6.07, 6.45) is -0.0533. The third-order valence-corrected chi connectivity index (χ3v) is 7.72. The fraction of sp³-hybridized carbons (Fsp3) is 0.296. The van der Waals surface area contributed by atoms with Crippen molar-refractivity contribution >= 4 is 34.6 Å². The van der Waals surface area contributed by atoms with Crippen molar-refractivity contribution in [2.75, 3.05) is 24.7 Å². The number of aliphatic hydroxyl groups is 3. The zero-order valence-corrected chi connectivity index (χ0v) is 20.3. The van der Waals surface area contributed by atoms with Gasteiger partial charge in [0.1, 0.15) is 22.8 Å². The van der Waals surface area contributed by atoms with E-state index in [4.69, 9.17) is 11.5 Å². The molecular weight excluding hydrogens is 478 g/mol. The van der Waals surface area contributed by atoms with Gasteiger partial charge < -0.3 is 36.8 Å². The summed E-state index contributed by atoms with van der Waals surface area (Å²) in [5, 5.41) is 44.9. The van der Waals surface area contributed by atoms with Crippen molar-refractivity contribution in [1.82, 2.24) is 0 Å². The maximum absolute atomic E-state index is 13.7. The van der Waals surface area contributed by atoms with Crippen LogP contribution in [0.15, 0.2) is 47.2 Å². The predicted octanol–water partition coefficient (Wildman–Crippen LogP) is 1.74. The molecule has 0 aliphatic heterocycles. The number of benzene rings is 2. The van der Waals surface area contributed by atoms with Crippen LogP contribution in [0.25, 0.3) is 16.9 Å². The Morgan fingerprint density at radius 3 is 2.43 bits per heavy atom. The summed E-state index contributed by atoms with van der Waals surface area (Å²) in [5.41, 5.74) is 10.4. The van der Waals surface area contributed by atoms with Crippen LogP contribution in [0.1, 0.15) is 24.0 Å². The van der Waals surface area contributed by atoms with Crippen LogP contribution in [0.4, 0.5) is 11.4 Å². The van der Waals surface area contributed by atoms with Crippen molar-refractivity contribution in [1.29, 1.82) is 0 Å². The van der Waals surface area contributed by atoms with Gasteiger partial charge in [0.25, 0.3) is 5.91 Å². The number of aromatic hydroxyl groups is 1. The highest BCUT2D eigenvalue weighted by atomic mass is 16.3. The molecule has 0 heterocycles. The van der Waals surface area contributed by atoms with E-state index in [1.165, 1.54) is 0 Å². The number of carbonyl (C=O) groups excluding carboxylic acids is 3. The second-order valence-electron chi connectivity index (χ2n) is 10.1. The topological polar surface area (TPSA) is 187 Å². The van der Waals surface area contributed by atoms with Crippen molar-refractivity contribution in [3.63, 3.8) is 0 Å². The monoisotopic (exact) mass is 505 g/mol. The number of hydrogen-bond donors (Lipinski definition) is 6. The highest BCUT2D eigenvalue weighted by Gasteiger charge is 2.60. The minimum atomic E-state index is -2.60. The summed E-state index contributed by atoms with van der Waals surface area (Å²) in [4.78, 5) is 39.9. The molecule has 0 spiro atoms. The van der Waals surface area contributed by atoms with Crippen molar-refractivity contribution in [2.45, 2.75) is 24.9 Å². The number of ketones is 2. The van der Waals surface area contributed by atoms with Crippen molar-refractivity contribution in [3.8, 4) is 16.9 Å². The van der Waals surface area contributed by atoms with E-state index in [0.717, 1.165) is 0 Å². The van der Waals surface area contributed by atoms with Gasteiger partial charge in [-0.05, 0) is 48.1 Å². The van der Waals surface area contributed by atoms with Crippen LogP contribution in [-0.4, -0.2) is 57.6 Å². The number of amides is 1. The van der Waals surface area contributed by atoms with Crippen molar-refractivity contribution in [2.24, 2.45) is 17.6 Å². The molecule has 0 saturated heterocycles. The Morgan fingerprint density at radius 2 is 1.81 bits per heavy atom. The molecule has 37 heavy (non-hydrogen) atoms. The summed E-state index contributed by atoms with van der Waals surface area (Å²) in [5.74, 6) is -6.54. The third kappa shape index (κ3) is 3.32. The number of phenolic OH excluding ortho intramolecular Hbond substituents is 1. The van der Waals surface area contributed by atoms with Gasteiger partial charge in [-0.15, -0.1) is 0 Å². The number of fused-ring (bicyclic) bond motifs is 3. The highest BCUT2D eigenvalue weighted by molar-refractivity contribution is 6.22. The number of nitrogens with two attached hydrogens (primary N) is 2. The predicted molar refractivity (Wildman–Crippen MR) is 136 cm³/mol. The van der Waals surface area contributed by atoms with Crippen molar-refractivity contribution in [3.05, 3.63) is 58.4 Å². The molecule has 3 aliphatic rings. The standard InChI is InChI=1S/C27H27N3O7/c1-30(2)17-10-15(11-4-3-5-14(28)7-11)22(32)20-16(17)8-12-6-13-9-18(31)21(26(29)36)25(35)27(13,37)24(34)19(12)23(20)33/h3-5,7,10,12-13,32-33,35,37H,6,8-9,28H2,1-2H3,(H2,29,36). The van der Waals surface area contributed by atoms with E-state index in [1.54, 1.807) is 30.3 Å². The van der Waals surface area contributed by atoms with Crippen LogP contribution in [0.2, 0.25) is 0 Å². The Bertz CT molecular complexity index is 1470. The summed E-state index contributed by atoms with van der Waals surface area (Å²) in [6.45, 7) is 0. The van der Waals surface area contributed by atoms with E-state index in [9.17, 15) is 34.8 Å². The number of nitrogens with zero attached hydrogens (tertiary/aromatic N) is 1. The van der Waals surface area contributed by atoms with Crippen LogP contribution >= 0.6 is 0 Å². The van der Waals surface area contributed by atoms with E-state index >= 15 is 0 Å². The van der Waals surface area contributed by atoms with E-state index in [1.807, 2.05) is 19.0 Å². The quantitative estimate of drug-likeness (QED) is 0.267. The van der Waals surface area contributed by atoms with Crippen molar-refractivity contribution < 1.29 is 34.8 Å². The molecule has 10 nitrogen and oxygen atoms in total. The summed E-state index contributed by atoms with van der Waals surface area (Å²) >= 11 is 0. The van der Waals surface area contributed by atoms with Crippen LogP contribution in [-0.2, 0) is 20.8 Å². The Kier molecular flexibility index (Phi) is 5.34. The Balaban J connectivity index is 1.76. The molecule has 10 heteroatoms. The highest BCUT2D eigenvalue weighted by Crippen LogP contribution is 2.54. The SMILES string of the molecule is CN(C)c1cc(-c2cccc(N)c2)c(O)c2c1CC1CC3CC(=O)C(C(N)=O)=C(O)C3(O)C(=O)C1=C2O. The summed E-state index contributed by atoms with van der Waals surface area (Å²) < 4.78 is 0. The normalized spacial score (nSPS) is 24.9. The minimum Gasteiger partial charge on any atom is -0.508 e. The first-order chi connectivity index (χ1) is 17.4. The first-order valence-corrected chi connectivity index (χ1v) is 11.8. The molecule has 8 N–H and O–H groups in total. The third-order valence-electron chi connectivity index (χ3n) is 7.72. The van der Waals surface area contributed by atoms with Crippen LogP contribution in [0.5, 0.6) is 5.75 Å². The fourth-order valence-corrected chi connectivity index (χ4v) is 5.99. The Labute approximate surface area is 212 Å². The van der Waals surface area contributed by atoms with E-state index in [0.29, 0.717) is 28.1 Å². The lowest BCUT2D eigenvalue weighted by Crippen LogP contribution is -2.58. The van der Waals surface area contributed by atoms with Crippen LogP contribution in [0.3, 0.4) is 0 Å².